The van der Waals surface area contributed by atoms with Crippen molar-refractivity contribution in [2.24, 2.45) is 0 Å². The molecule has 5 nitrogen and oxygen atoms in total. The van der Waals surface area contributed by atoms with E-state index in [2.05, 4.69) is 15.3 Å². The van der Waals surface area contributed by atoms with Crippen LogP contribution < -0.4 is 10.1 Å². The lowest BCUT2D eigenvalue weighted by Gasteiger charge is -2.12. The second-order valence-corrected chi connectivity index (χ2v) is 6.87. The number of nitrogens with one attached hydrogen (secondary N) is 1. The molecule has 0 radical (unpaired) electrons. The summed E-state index contributed by atoms with van der Waals surface area (Å²) in [6.45, 7) is 3.89. The molecule has 4 rings (SSSR count). The van der Waals surface area contributed by atoms with E-state index in [-0.39, 0.29) is 12.5 Å². The summed E-state index contributed by atoms with van der Waals surface area (Å²) in [5.74, 6) is 0.436. The lowest BCUT2D eigenvalue weighted by molar-refractivity contribution is -0.118. The van der Waals surface area contributed by atoms with E-state index in [0.717, 1.165) is 39.1 Å². The molecule has 0 saturated heterocycles. The van der Waals surface area contributed by atoms with Crippen LogP contribution in [0.1, 0.15) is 11.1 Å². The second-order valence-electron chi connectivity index (χ2n) is 6.87. The highest BCUT2D eigenvalue weighted by Crippen LogP contribution is 2.23. The number of aromatic nitrogens is 2. The molecular weight excluding hydrogens is 362 g/mol. The molecule has 0 saturated carbocycles. The van der Waals surface area contributed by atoms with Crippen molar-refractivity contribution in [2.45, 2.75) is 13.8 Å². The number of hydrogen-bond acceptors (Lipinski definition) is 4. The average Bonchev–Trinajstić information content (AvgIpc) is 2.75. The monoisotopic (exact) mass is 383 g/mol. The number of aryl methyl sites for hydroxylation is 2. The fourth-order valence-electron chi connectivity index (χ4n) is 3.15. The highest BCUT2D eigenvalue weighted by Gasteiger charge is 2.09. The van der Waals surface area contributed by atoms with Crippen LogP contribution in [0.4, 0.5) is 5.69 Å². The van der Waals surface area contributed by atoms with E-state index >= 15 is 0 Å². The second kappa shape index (κ2) is 8.10. The molecule has 0 aliphatic rings. The Labute approximate surface area is 169 Å². The maximum Gasteiger partial charge on any atom is 0.262 e. The van der Waals surface area contributed by atoms with Gasteiger partial charge in [0.25, 0.3) is 5.91 Å². The van der Waals surface area contributed by atoms with Gasteiger partial charge in [0, 0.05) is 11.3 Å². The molecule has 3 aromatic carbocycles. The van der Waals surface area contributed by atoms with Gasteiger partial charge >= 0.3 is 0 Å². The van der Waals surface area contributed by atoms with E-state index in [1.165, 1.54) is 0 Å². The van der Waals surface area contributed by atoms with Gasteiger partial charge in [0.05, 0.1) is 22.9 Å². The maximum atomic E-state index is 12.2. The number of fused-ring (bicyclic) bond motifs is 1. The van der Waals surface area contributed by atoms with Crippen LogP contribution in [0.25, 0.3) is 22.3 Å². The van der Waals surface area contributed by atoms with Crippen molar-refractivity contribution in [3.63, 3.8) is 0 Å². The quantitative estimate of drug-likeness (QED) is 0.531. The van der Waals surface area contributed by atoms with Crippen LogP contribution in [-0.4, -0.2) is 22.5 Å². The third-order valence-electron chi connectivity index (χ3n) is 4.71. The normalized spacial score (nSPS) is 10.7. The fraction of sp³-hybridized carbons (Fsp3) is 0.125. The molecule has 1 heterocycles. The molecule has 0 bridgehead atoms. The standard InChI is InChI=1S/C24H21N3O2/c1-16-6-5-7-17(2)24(16)27-23(28)15-29-19-12-10-18(11-13-19)22-14-25-20-8-3-4-9-21(20)26-22/h3-14H,15H2,1-2H3,(H,27,28). The van der Waals surface area contributed by atoms with Gasteiger partial charge in [0.2, 0.25) is 0 Å². The lowest BCUT2D eigenvalue weighted by atomic mass is 10.1. The number of rotatable bonds is 5. The first-order chi connectivity index (χ1) is 14.1. The smallest absolute Gasteiger partial charge is 0.262 e. The van der Waals surface area contributed by atoms with E-state index < -0.39 is 0 Å². The summed E-state index contributed by atoms with van der Waals surface area (Å²) in [4.78, 5) is 21.3. The molecule has 0 unspecified atom stereocenters. The van der Waals surface area contributed by atoms with Crippen LogP contribution in [-0.2, 0) is 4.79 Å². The zero-order valence-corrected chi connectivity index (χ0v) is 16.3. The SMILES string of the molecule is Cc1cccc(C)c1NC(=O)COc1ccc(-c2cnc3ccccc3n2)cc1. The number of benzene rings is 3. The van der Waals surface area contributed by atoms with Gasteiger partial charge in [-0.2, -0.15) is 0 Å². The maximum absolute atomic E-state index is 12.2. The van der Waals surface area contributed by atoms with Crippen molar-refractivity contribution in [2.75, 3.05) is 11.9 Å². The number of nitrogens with zero attached hydrogens (tertiary/aromatic N) is 2. The van der Waals surface area contributed by atoms with Gasteiger partial charge in [-0.3, -0.25) is 9.78 Å². The lowest BCUT2D eigenvalue weighted by Crippen LogP contribution is -2.21. The van der Waals surface area contributed by atoms with Gasteiger partial charge in [-0.1, -0.05) is 30.3 Å². The molecule has 0 fully saturated rings. The summed E-state index contributed by atoms with van der Waals surface area (Å²) in [6, 6.07) is 21.2. The largest absolute Gasteiger partial charge is 0.484 e. The average molecular weight is 383 g/mol. The summed E-state index contributed by atoms with van der Waals surface area (Å²) in [5, 5.41) is 2.92. The Balaban J connectivity index is 1.41. The number of hydrogen-bond donors (Lipinski definition) is 1. The fourth-order valence-corrected chi connectivity index (χ4v) is 3.15. The summed E-state index contributed by atoms with van der Waals surface area (Å²) >= 11 is 0. The molecule has 1 amide bonds. The van der Waals surface area contributed by atoms with Gasteiger partial charge in [-0.15, -0.1) is 0 Å². The van der Waals surface area contributed by atoms with E-state index in [0.29, 0.717) is 5.75 Å². The molecule has 29 heavy (non-hydrogen) atoms. The number of carbonyl (C=O) groups excluding carboxylic acids is 1. The zero-order chi connectivity index (χ0) is 20.2. The Morgan fingerprint density at radius 1 is 0.897 bits per heavy atom. The number of anilines is 1. The first-order valence-corrected chi connectivity index (χ1v) is 9.41. The Morgan fingerprint density at radius 3 is 2.31 bits per heavy atom. The number of carbonyl (C=O) groups is 1. The molecule has 4 aromatic rings. The van der Waals surface area contributed by atoms with Gasteiger partial charge in [-0.25, -0.2) is 4.98 Å². The number of para-hydroxylation sites is 3. The van der Waals surface area contributed by atoms with Crippen molar-refractivity contribution in [1.82, 2.24) is 9.97 Å². The Morgan fingerprint density at radius 2 is 1.59 bits per heavy atom. The Hall–Kier alpha value is -3.73. The van der Waals surface area contributed by atoms with Crippen LogP contribution in [0.3, 0.4) is 0 Å². The van der Waals surface area contributed by atoms with Crippen molar-refractivity contribution in [3.05, 3.63) is 84.1 Å². The molecule has 5 heteroatoms. The molecule has 0 atom stereocenters. The highest BCUT2D eigenvalue weighted by molar-refractivity contribution is 5.93. The van der Waals surface area contributed by atoms with Crippen LogP contribution in [0.2, 0.25) is 0 Å². The van der Waals surface area contributed by atoms with Gasteiger partial charge in [0.15, 0.2) is 6.61 Å². The van der Waals surface area contributed by atoms with Crippen molar-refractivity contribution < 1.29 is 9.53 Å². The minimum absolute atomic E-state index is 0.0527. The molecule has 0 spiro atoms. The van der Waals surface area contributed by atoms with Crippen molar-refractivity contribution >= 4 is 22.6 Å². The molecule has 1 N–H and O–H groups in total. The first-order valence-electron chi connectivity index (χ1n) is 9.41. The summed E-state index contributed by atoms with van der Waals surface area (Å²) in [5.41, 5.74) is 6.35. The molecule has 144 valence electrons. The number of amides is 1. The van der Waals surface area contributed by atoms with Gasteiger partial charge in [-0.05, 0) is 61.4 Å². The summed E-state index contributed by atoms with van der Waals surface area (Å²) in [6.07, 6.45) is 1.76. The van der Waals surface area contributed by atoms with E-state index in [1.807, 2.05) is 80.6 Å². The highest BCUT2D eigenvalue weighted by atomic mass is 16.5. The minimum atomic E-state index is -0.188. The topological polar surface area (TPSA) is 64.1 Å². The van der Waals surface area contributed by atoms with E-state index in [4.69, 9.17) is 4.74 Å². The Kier molecular flexibility index (Phi) is 5.20. The van der Waals surface area contributed by atoms with E-state index in [1.54, 1.807) is 6.20 Å². The minimum Gasteiger partial charge on any atom is -0.484 e. The molecule has 0 aliphatic carbocycles. The predicted molar refractivity (Wildman–Crippen MR) is 115 cm³/mol. The third kappa shape index (κ3) is 4.24. The van der Waals surface area contributed by atoms with Gasteiger partial charge in [0.1, 0.15) is 5.75 Å². The summed E-state index contributed by atoms with van der Waals surface area (Å²) in [7, 11) is 0. The number of ether oxygens (including phenoxy) is 1. The van der Waals surface area contributed by atoms with Crippen LogP contribution in [0.5, 0.6) is 5.75 Å². The van der Waals surface area contributed by atoms with Crippen LogP contribution in [0, 0.1) is 13.8 Å². The third-order valence-corrected chi connectivity index (χ3v) is 4.71. The first kappa shape index (κ1) is 18.6. The molecule has 0 aliphatic heterocycles. The zero-order valence-electron chi connectivity index (χ0n) is 16.3. The summed E-state index contributed by atoms with van der Waals surface area (Å²) < 4.78 is 5.63. The van der Waals surface area contributed by atoms with E-state index in [9.17, 15) is 4.79 Å². The van der Waals surface area contributed by atoms with Crippen molar-refractivity contribution in [3.8, 4) is 17.0 Å². The molecule has 1 aromatic heterocycles. The van der Waals surface area contributed by atoms with Crippen molar-refractivity contribution in [1.29, 1.82) is 0 Å². The van der Waals surface area contributed by atoms with Crippen LogP contribution in [0.15, 0.2) is 72.9 Å². The predicted octanol–water partition coefficient (Wildman–Crippen LogP) is 4.93. The molecular formula is C24H21N3O2. The van der Waals surface area contributed by atoms with Crippen LogP contribution >= 0.6 is 0 Å². The Bertz CT molecular complexity index is 1150. The van der Waals surface area contributed by atoms with Gasteiger partial charge < -0.3 is 10.1 Å².